The van der Waals surface area contributed by atoms with Crippen molar-refractivity contribution < 1.29 is 9.84 Å². The van der Waals surface area contributed by atoms with Gasteiger partial charge < -0.3 is 9.84 Å². The summed E-state index contributed by atoms with van der Waals surface area (Å²) in [6.07, 6.45) is 15.0. The van der Waals surface area contributed by atoms with Gasteiger partial charge in [0.25, 0.3) is 0 Å². The Labute approximate surface area is 104 Å². The number of ether oxygens (including phenoxy) is 1. The Balaban J connectivity index is 1.71. The first kappa shape index (κ1) is 12.8. The van der Waals surface area contributed by atoms with Crippen molar-refractivity contribution in [2.45, 2.75) is 57.7 Å². The molecule has 2 heteroatoms. The minimum atomic E-state index is -0.238. The predicted molar refractivity (Wildman–Crippen MR) is 69.8 cm³/mol. The molecule has 0 radical (unpaired) electrons. The predicted octanol–water partition coefficient (Wildman–Crippen LogP) is 3.22. The van der Waals surface area contributed by atoms with Crippen molar-refractivity contribution in [2.24, 2.45) is 5.41 Å². The highest BCUT2D eigenvalue weighted by Gasteiger charge is 2.25. The lowest BCUT2D eigenvalue weighted by molar-refractivity contribution is -0.0635. The largest absolute Gasteiger partial charge is 0.390 e. The van der Waals surface area contributed by atoms with Crippen LogP contribution in [0.2, 0.25) is 0 Å². The van der Waals surface area contributed by atoms with Crippen LogP contribution in [0.5, 0.6) is 0 Å². The highest BCUT2D eigenvalue weighted by Crippen LogP contribution is 2.31. The maximum atomic E-state index is 9.82. The molecule has 0 spiro atoms. The number of aliphatic hydroxyl groups excluding tert-OH is 1. The standard InChI is InChI=1S/C15H24O2/c1-15(9-5-2-6-10-15)11-12-17-14-8-4-3-7-13(14)16/h2,5-6,9,13-14,16H,3-4,7-8,10-12H2,1H3/t13-,14+,15?/m1/s1. The van der Waals surface area contributed by atoms with E-state index in [1.54, 1.807) is 0 Å². The molecule has 1 unspecified atom stereocenters. The molecule has 0 aliphatic heterocycles. The summed E-state index contributed by atoms with van der Waals surface area (Å²) in [6, 6.07) is 0. The van der Waals surface area contributed by atoms with Crippen molar-refractivity contribution in [3.8, 4) is 0 Å². The normalized spacial score (nSPS) is 37.3. The Hall–Kier alpha value is -0.600. The molecule has 0 aromatic heterocycles. The van der Waals surface area contributed by atoms with Gasteiger partial charge in [-0.3, -0.25) is 0 Å². The van der Waals surface area contributed by atoms with Gasteiger partial charge in [0.1, 0.15) is 0 Å². The fourth-order valence-electron chi connectivity index (χ4n) is 2.67. The molecule has 0 amide bonds. The van der Waals surface area contributed by atoms with Gasteiger partial charge in [-0.25, -0.2) is 0 Å². The number of hydrogen-bond acceptors (Lipinski definition) is 2. The van der Waals surface area contributed by atoms with Gasteiger partial charge in [-0.05, 0) is 31.1 Å². The van der Waals surface area contributed by atoms with Crippen molar-refractivity contribution in [3.63, 3.8) is 0 Å². The van der Waals surface area contributed by atoms with Crippen LogP contribution in [0.25, 0.3) is 0 Å². The molecule has 17 heavy (non-hydrogen) atoms. The van der Waals surface area contributed by atoms with E-state index in [4.69, 9.17) is 4.74 Å². The van der Waals surface area contributed by atoms with Crippen molar-refractivity contribution in [3.05, 3.63) is 24.3 Å². The van der Waals surface area contributed by atoms with Gasteiger partial charge in [0.15, 0.2) is 0 Å². The van der Waals surface area contributed by atoms with Crippen LogP contribution in [0.1, 0.15) is 45.4 Å². The van der Waals surface area contributed by atoms with E-state index in [0.717, 1.165) is 38.7 Å². The molecule has 0 saturated heterocycles. The number of rotatable bonds is 4. The first-order chi connectivity index (χ1) is 8.20. The fourth-order valence-corrected chi connectivity index (χ4v) is 2.67. The molecule has 1 fully saturated rings. The second kappa shape index (κ2) is 5.83. The first-order valence-electron chi connectivity index (χ1n) is 6.84. The molecule has 0 aromatic rings. The van der Waals surface area contributed by atoms with Crippen LogP contribution in [0, 0.1) is 5.41 Å². The van der Waals surface area contributed by atoms with Crippen molar-refractivity contribution in [2.75, 3.05) is 6.61 Å². The minimum Gasteiger partial charge on any atom is -0.390 e. The van der Waals surface area contributed by atoms with E-state index < -0.39 is 0 Å². The third-order valence-electron chi connectivity index (χ3n) is 4.00. The van der Waals surface area contributed by atoms with E-state index in [1.165, 1.54) is 6.42 Å². The van der Waals surface area contributed by atoms with Crippen LogP contribution < -0.4 is 0 Å². The fraction of sp³-hybridized carbons (Fsp3) is 0.733. The Morgan fingerprint density at radius 3 is 2.82 bits per heavy atom. The lowest BCUT2D eigenvalue weighted by Crippen LogP contribution is -2.33. The topological polar surface area (TPSA) is 29.5 Å². The molecular weight excluding hydrogens is 212 g/mol. The summed E-state index contributed by atoms with van der Waals surface area (Å²) < 4.78 is 5.86. The SMILES string of the molecule is CC1(CCO[C@H]2CCCC[C@H]2O)C=CC=CC1. The van der Waals surface area contributed by atoms with Gasteiger partial charge in [-0.2, -0.15) is 0 Å². The highest BCUT2D eigenvalue weighted by molar-refractivity contribution is 5.15. The number of hydrogen-bond donors (Lipinski definition) is 1. The van der Waals surface area contributed by atoms with Crippen LogP contribution in [-0.2, 0) is 4.74 Å². The summed E-state index contributed by atoms with van der Waals surface area (Å²) in [5.41, 5.74) is 0.244. The van der Waals surface area contributed by atoms with Gasteiger partial charge in [0.05, 0.1) is 12.2 Å². The second-order valence-electron chi connectivity index (χ2n) is 5.66. The molecule has 2 rings (SSSR count). The number of allylic oxidation sites excluding steroid dienone is 4. The van der Waals surface area contributed by atoms with Crippen LogP contribution in [-0.4, -0.2) is 23.9 Å². The molecule has 1 saturated carbocycles. The summed E-state index contributed by atoms with van der Waals surface area (Å²) >= 11 is 0. The van der Waals surface area contributed by atoms with E-state index in [1.807, 2.05) is 0 Å². The van der Waals surface area contributed by atoms with E-state index in [0.29, 0.717) is 0 Å². The van der Waals surface area contributed by atoms with Crippen molar-refractivity contribution in [1.29, 1.82) is 0 Å². The molecule has 1 N–H and O–H groups in total. The molecule has 0 heterocycles. The zero-order valence-corrected chi connectivity index (χ0v) is 10.8. The third-order valence-corrected chi connectivity index (χ3v) is 4.00. The van der Waals surface area contributed by atoms with E-state index in [-0.39, 0.29) is 17.6 Å². The summed E-state index contributed by atoms with van der Waals surface area (Å²) in [6.45, 7) is 3.03. The van der Waals surface area contributed by atoms with Crippen molar-refractivity contribution in [1.82, 2.24) is 0 Å². The van der Waals surface area contributed by atoms with E-state index >= 15 is 0 Å². The molecular formula is C15H24O2. The Bertz CT molecular complexity index is 295. The zero-order valence-electron chi connectivity index (χ0n) is 10.8. The molecule has 0 bridgehead atoms. The lowest BCUT2D eigenvalue weighted by Gasteiger charge is -2.30. The Morgan fingerprint density at radius 2 is 2.12 bits per heavy atom. The van der Waals surface area contributed by atoms with Crippen LogP contribution in [0.15, 0.2) is 24.3 Å². The molecule has 2 nitrogen and oxygen atoms in total. The molecule has 3 atom stereocenters. The van der Waals surface area contributed by atoms with Crippen molar-refractivity contribution >= 4 is 0 Å². The third kappa shape index (κ3) is 3.68. The van der Waals surface area contributed by atoms with Crippen LogP contribution in [0.3, 0.4) is 0 Å². The molecule has 96 valence electrons. The lowest BCUT2D eigenvalue weighted by atomic mass is 9.81. The van der Waals surface area contributed by atoms with Gasteiger partial charge in [0.2, 0.25) is 0 Å². The minimum absolute atomic E-state index is 0.0791. The van der Waals surface area contributed by atoms with Crippen LogP contribution >= 0.6 is 0 Å². The second-order valence-corrected chi connectivity index (χ2v) is 5.66. The van der Waals surface area contributed by atoms with Crippen LogP contribution in [0.4, 0.5) is 0 Å². The zero-order chi connectivity index (χ0) is 12.1. The molecule has 2 aliphatic rings. The maximum Gasteiger partial charge on any atom is 0.0833 e. The smallest absolute Gasteiger partial charge is 0.0833 e. The Morgan fingerprint density at radius 1 is 1.29 bits per heavy atom. The van der Waals surface area contributed by atoms with Gasteiger partial charge in [0, 0.05) is 6.61 Å². The van der Waals surface area contributed by atoms with E-state index in [9.17, 15) is 5.11 Å². The first-order valence-corrected chi connectivity index (χ1v) is 6.84. The van der Waals surface area contributed by atoms with Gasteiger partial charge in [-0.15, -0.1) is 0 Å². The summed E-state index contributed by atoms with van der Waals surface area (Å²) in [4.78, 5) is 0. The quantitative estimate of drug-likeness (QED) is 0.812. The Kier molecular flexibility index (Phi) is 4.41. The molecule has 0 aromatic carbocycles. The van der Waals surface area contributed by atoms with Gasteiger partial charge in [-0.1, -0.05) is 44.1 Å². The molecule has 2 aliphatic carbocycles. The summed E-state index contributed by atoms with van der Waals surface area (Å²) in [7, 11) is 0. The number of aliphatic hydroxyl groups is 1. The van der Waals surface area contributed by atoms with Gasteiger partial charge >= 0.3 is 0 Å². The van der Waals surface area contributed by atoms with E-state index in [2.05, 4.69) is 31.2 Å². The highest BCUT2D eigenvalue weighted by atomic mass is 16.5. The maximum absolute atomic E-state index is 9.82. The monoisotopic (exact) mass is 236 g/mol. The summed E-state index contributed by atoms with van der Waals surface area (Å²) in [5, 5.41) is 9.82. The average Bonchev–Trinajstić information content (AvgIpc) is 2.32. The average molecular weight is 236 g/mol. The summed E-state index contributed by atoms with van der Waals surface area (Å²) in [5.74, 6) is 0.